The fraction of sp³-hybridized carbons (Fsp3) is 0.238. The number of esters is 1. The van der Waals surface area contributed by atoms with Crippen molar-refractivity contribution < 1.29 is 19.1 Å². The monoisotopic (exact) mass is 409 g/mol. The summed E-state index contributed by atoms with van der Waals surface area (Å²) in [6.45, 7) is 1.43. The maximum absolute atomic E-state index is 12.4. The number of rotatable bonds is 4. The molecule has 3 aromatic rings. The van der Waals surface area contributed by atoms with Gasteiger partial charge in [-0.25, -0.2) is 4.79 Å². The molecule has 7 nitrogen and oxygen atoms in total. The molecule has 0 N–H and O–H groups in total. The van der Waals surface area contributed by atoms with Crippen LogP contribution in [-0.4, -0.2) is 65.4 Å². The van der Waals surface area contributed by atoms with Crippen LogP contribution in [0.5, 0.6) is 0 Å². The fourth-order valence-corrected chi connectivity index (χ4v) is 3.97. The predicted molar refractivity (Wildman–Crippen MR) is 109 cm³/mol. The Kier molecular flexibility index (Phi) is 5.53. The molecule has 0 aliphatic carbocycles. The van der Waals surface area contributed by atoms with Crippen molar-refractivity contribution in [2.75, 3.05) is 32.8 Å². The molecule has 4 rings (SSSR count). The van der Waals surface area contributed by atoms with Crippen LogP contribution in [0, 0.1) is 0 Å². The summed E-state index contributed by atoms with van der Waals surface area (Å²) in [5.41, 5.74) is 0.885. The van der Waals surface area contributed by atoms with Crippen LogP contribution < -0.4 is 0 Å². The number of amides is 2. The van der Waals surface area contributed by atoms with Gasteiger partial charge in [-0.3, -0.25) is 14.6 Å². The first-order valence-corrected chi connectivity index (χ1v) is 10.1. The van der Waals surface area contributed by atoms with Crippen LogP contribution in [0.25, 0.3) is 10.9 Å². The Morgan fingerprint density at radius 1 is 0.966 bits per heavy atom. The highest BCUT2D eigenvalue weighted by molar-refractivity contribution is 7.12. The van der Waals surface area contributed by atoms with Crippen molar-refractivity contribution in [2.45, 2.75) is 0 Å². The summed E-state index contributed by atoms with van der Waals surface area (Å²) in [6.07, 6.45) is 1.61. The molecule has 0 atom stereocenters. The molecule has 0 spiro atoms. The molecule has 1 saturated heterocycles. The number of aromatic nitrogens is 1. The van der Waals surface area contributed by atoms with Crippen molar-refractivity contribution in [1.82, 2.24) is 14.8 Å². The maximum Gasteiger partial charge on any atom is 0.340 e. The largest absolute Gasteiger partial charge is 0.452 e. The van der Waals surface area contributed by atoms with E-state index in [1.54, 1.807) is 40.3 Å². The van der Waals surface area contributed by atoms with Gasteiger partial charge in [-0.15, -0.1) is 11.3 Å². The normalized spacial score (nSPS) is 14.1. The second-order valence-electron chi connectivity index (χ2n) is 6.61. The summed E-state index contributed by atoms with van der Waals surface area (Å²) in [6, 6.07) is 12.6. The lowest BCUT2D eigenvalue weighted by Gasteiger charge is -2.34. The molecule has 0 bridgehead atoms. The number of hydrogen-bond acceptors (Lipinski definition) is 6. The summed E-state index contributed by atoms with van der Waals surface area (Å²) < 4.78 is 5.24. The van der Waals surface area contributed by atoms with Crippen molar-refractivity contribution in [3.63, 3.8) is 0 Å². The third-order valence-electron chi connectivity index (χ3n) is 4.83. The van der Waals surface area contributed by atoms with Crippen LogP contribution in [0.2, 0.25) is 0 Å². The van der Waals surface area contributed by atoms with Crippen LogP contribution in [0.15, 0.2) is 54.0 Å². The summed E-state index contributed by atoms with van der Waals surface area (Å²) in [5.74, 6) is -0.856. The first-order chi connectivity index (χ1) is 14.1. The van der Waals surface area contributed by atoms with Gasteiger partial charge in [0.25, 0.3) is 11.8 Å². The number of nitrogens with zero attached hydrogens (tertiary/aromatic N) is 3. The van der Waals surface area contributed by atoms with Gasteiger partial charge in [0.2, 0.25) is 0 Å². The highest BCUT2D eigenvalue weighted by Gasteiger charge is 2.26. The van der Waals surface area contributed by atoms with E-state index in [9.17, 15) is 14.4 Å². The molecule has 0 saturated carbocycles. The molecular weight excluding hydrogens is 390 g/mol. The SMILES string of the molecule is O=C(OCC(=O)N1CCN(C(=O)c2cccs2)CC1)c1cccc2cccnc12. The molecule has 0 unspecified atom stereocenters. The van der Waals surface area contributed by atoms with Crippen molar-refractivity contribution >= 4 is 40.0 Å². The summed E-state index contributed by atoms with van der Waals surface area (Å²) in [4.78, 5) is 45.5. The van der Waals surface area contributed by atoms with E-state index in [2.05, 4.69) is 4.98 Å². The highest BCUT2D eigenvalue weighted by atomic mass is 32.1. The standard InChI is InChI=1S/C21H19N3O4S/c25-18(23-9-11-24(12-10-23)20(26)17-7-3-13-29-17)14-28-21(27)16-6-1-4-15-5-2-8-22-19(15)16/h1-8,13H,9-12,14H2. The molecule has 0 radical (unpaired) electrons. The molecule has 1 aliphatic rings. The number of fused-ring (bicyclic) bond motifs is 1. The number of ether oxygens (including phenoxy) is 1. The maximum atomic E-state index is 12.4. The quantitative estimate of drug-likeness (QED) is 0.619. The Morgan fingerprint density at radius 2 is 1.72 bits per heavy atom. The Labute approximate surface area is 171 Å². The Balaban J connectivity index is 1.31. The lowest BCUT2D eigenvalue weighted by atomic mass is 10.1. The van der Waals surface area contributed by atoms with Crippen molar-refractivity contribution in [3.8, 4) is 0 Å². The van der Waals surface area contributed by atoms with Gasteiger partial charge in [0.1, 0.15) is 0 Å². The second kappa shape index (κ2) is 8.40. The van der Waals surface area contributed by atoms with Crippen molar-refractivity contribution in [3.05, 3.63) is 64.5 Å². The Hall–Kier alpha value is -3.26. The van der Waals surface area contributed by atoms with Crippen LogP contribution in [0.3, 0.4) is 0 Å². The van der Waals surface area contributed by atoms with Crippen LogP contribution in [0.1, 0.15) is 20.0 Å². The molecule has 2 amide bonds. The average Bonchev–Trinajstić information content (AvgIpc) is 3.31. The van der Waals surface area contributed by atoms with Crippen LogP contribution in [-0.2, 0) is 9.53 Å². The van der Waals surface area contributed by atoms with E-state index in [0.717, 1.165) is 5.39 Å². The van der Waals surface area contributed by atoms with E-state index >= 15 is 0 Å². The summed E-state index contributed by atoms with van der Waals surface area (Å²) in [7, 11) is 0. The molecule has 2 aromatic heterocycles. The van der Waals surface area contributed by atoms with Gasteiger partial charge in [-0.05, 0) is 23.6 Å². The molecule has 1 aromatic carbocycles. The lowest BCUT2D eigenvalue weighted by Crippen LogP contribution is -2.51. The molecule has 29 heavy (non-hydrogen) atoms. The predicted octanol–water partition coefficient (Wildman–Crippen LogP) is 2.44. The van der Waals surface area contributed by atoms with E-state index < -0.39 is 5.97 Å². The number of carbonyl (C=O) groups excluding carboxylic acids is 3. The topological polar surface area (TPSA) is 79.8 Å². The minimum atomic E-state index is -0.575. The van der Waals surface area contributed by atoms with Gasteiger partial charge in [0.15, 0.2) is 6.61 Å². The van der Waals surface area contributed by atoms with Gasteiger partial charge in [0, 0.05) is 37.8 Å². The third-order valence-corrected chi connectivity index (χ3v) is 5.69. The minimum absolute atomic E-state index is 0.0121. The first kappa shape index (κ1) is 19.1. The van der Waals surface area contributed by atoms with Gasteiger partial charge in [0.05, 0.1) is 16.0 Å². The second-order valence-corrected chi connectivity index (χ2v) is 7.55. The average molecular weight is 409 g/mol. The third kappa shape index (κ3) is 4.12. The van der Waals surface area contributed by atoms with E-state index in [0.29, 0.717) is 42.1 Å². The molecule has 148 valence electrons. The lowest BCUT2D eigenvalue weighted by molar-refractivity contribution is -0.136. The van der Waals surface area contributed by atoms with E-state index in [1.165, 1.54) is 11.3 Å². The summed E-state index contributed by atoms with van der Waals surface area (Å²) >= 11 is 1.41. The first-order valence-electron chi connectivity index (χ1n) is 9.25. The number of thiophene rings is 1. The zero-order valence-corrected chi connectivity index (χ0v) is 16.4. The number of pyridine rings is 1. The Morgan fingerprint density at radius 3 is 2.48 bits per heavy atom. The zero-order valence-electron chi connectivity index (χ0n) is 15.6. The molecule has 3 heterocycles. The van der Waals surface area contributed by atoms with Crippen LogP contribution in [0.4, 0.5) is 0 Å². The van der Waals surface area contributed by atoms with Gasteiger partial charge < -0.3 is 14.5 Å². The molecule has 1 fully saturated rings. The van der Waals surface area contributed by atoms with Crippen molar-refractivity contribution in [2.24, 2.45) is 0 Å². The molecule has 8 heteroatoms. The van der Waals surface area contributed by atoms with Gasteiger partial charge in [-0.1, -0.05) is 24.3 Å². The van der Waals surface area contributed by atoms with E-state index in [-0.39, 0.29) is 18.4 Å². The number of hydrogen-bond donors (Lipinski definition) is 0. The van der Waals surface area contributed by atoms with Gasteiger partial charge >= 0.3 is 5.97 Å². The molecule has 1 aliphatic heterocycles. The molecular formula is C21H19N3O4S. The summed E-state index contributed by atoms with van der Waals surface area (Å²) in [5, 5.41) is 2.70. The number of piperazine rings is 1. The number of benzene rings is 1. The van der Waals surface area contributed by atoms with E-state index in [4.69, 9.17) is 4.74 Å². The number of para-hydroxylation sites is 1. The highest BCUT2D eigenvalue weighted by Crippen LogP contribution is 2.17. The Bertz CT molecular complexity index is 1040. The van der Waals surface area contributed by atoms with Crippen LogP contribution >= 0.6 is 11.3 Å². The van der Waals surface area contributed by atoms with Gasteiger partial charge in [-0.2, -0.15) is 0 Å². The van der Waals surface area contributed by atoms with E-state index in [1.807, 2.05) is 23.6 Å². The number of carbonyl (C=O) groups is 3. The fourth-order valence-electron chi connectivity index (χ4n) is 3.28. The van der Waals surface area contributed by atoms with Crippen molar-refractivity contribution in [1.29, 1.82) is 0 Å². The zero-order chi connectivity index (χ0) is 20.2. The minimum Gasteiger partial charge on any atom is -0.452 e. The smallest absolute Gasteiger partial charge is 0.340 e.